The molecule has 4 N–H and O–H groups in total. The van der Waals surface area contributed by atoms with Crippen molar-refractivity contribution in [3.63, 3.8) is 0 Å². The summed E-state index contributed by atoms with van der Waals surface area (Å²) in [6, 6.07) is 1.85. The van der Waals surface area contributed by atoms with Gasteiger partial charge in [0.05, 0.1) is 4.88 Å². The number of hydrogen-bond donors (Lipinski definition) is 3. The molecular weight excluding hydrogens is 276 g/mol. The molecule has 0 fully saturated rings. The van der Waals surface area contributed by atoms with E-state index in [1.807, 2.05) is 27.0 Å². The summed E-state index contributed by atoms with van der Waals surface area (Å²) in [5, 5.41) is 2.64. The number of hydrogen-bond acceptors (Lipinski definition) is 5. The number of amides is 2. The van der Waals surface area contributed by atoms with E-state index in [1.165, 1.54) is 11.3 Å². The Bertz CT molecular complexity index is 487. The van der Waals surface area contributed by atoms with Crippen LogP contribution in [0.4, 0.5) is 0 Å². The van der Waals surface area contributed by atoms with Crippen LogP contribution in [-0.2, 0) is 11.3 Å². The molecule has 1 unspecified atom stereocenters. The number of aryl methyl sites for hydroxylation is 1. The fourth-order valence-electron chi connectivity index (χ4n) is 2.01. The van der Waals surface area contributed by atoms with Crippen molar-refractivity contribution in [3.8, 4) is 0 Å². The Hall–Kier alpha value is -1.44. The van der Waals surface area contributed by atoms with E-state index < -0.39 is 0 Å². The third-order valence-corrected chi connectivity index (χ3v) is 4.19. The molecule has 0 radical (unpaired) electrons. The van der Waals surface area contributed by atoms with Gasteiger partial charge in [-0.2, -0.15) is 0 Å². The van der Waals surface area contributed by atoms with Crippen molar-refractivity contribution in [1.29, 1.82) is 0 Å². The molecule has 0 aliphatic carbocycles. The summed E-state index contributed by atoms with van der Waals surface area (Å²) in [6.45, 7) is 5.22. The van der Waals surface area contributed by atoms with Gasteiger partial charge in [-0.3, -0.25) is 15.0 Å². The zero-order chi connectivity index (χ0) is 15.3. The van der Waals surface area contributed by atoms with Gasteiger partial charge in [-0.1, -0.05) is 6.92 Å². The van der Waals surface area contributed by atoms with Gasteiger partial charge < -0.3 is 10.2 Å². The number of hydrazine groups is 1. The molecule has 1 aromatic rings. The Morgan fingerprint density at radius 2 is 2.15 bits per heavy atom. The third kappa shape index (κ3) is 4.29. The van der Waals surface area contributed by atoms with Gasteiger partial charge in [-0.25, -0.2) is 5.84 Å². The van der Waals surface area contributed by atoms with Crippen molar-refractivity contribution in [3.05, 3.63) is 21.4 Å². The first kappa shape index (κ1) is 16.6. The van der Waals surface area contributed by atoms with E-state index in [4.69, 9.17) is 5.84 Å². The number of carbonyl (C=O) groups is 2. The molecule has 0 spiro atoms. The lowest BCUT2D eigenvalue weighted by molar-refractivity contribution is -0.124. The van der Waals surface area contributed by atoms with Gasteiger partial charge in [-0.05, 0) is 25.6 Å². The van der Waals surface area contributed by atoms with Gasteiger partial charge in [0.25, 0.3) is 5.91 Å². The second-order valence-electron chi connectivity index (χ2n) is 4.88. The number of nitrogen functional groups attached to an aromatic ring is 1. The Morgan fingerprint density at radius 1 is 1.50 bits per heavy atom. The smallest absolute Gasteiger partial charge is 0.275 e. The molecule has 1 rings (SSSR count). The molecule has 1 heterocycles. The number of nitrogens with one attached hydrogen (secondary N) is 2. The predicted molar refractivity (Wildman–Crippen MR) is 80.3 cm³/mol. The molecule has 1 atom stereocenters. The standard InChI is InChI=1S/C13H22N4O2S/c1-8(12(18)15-3)6-17(4)7-10-5-11(13(19)16-14)20-9(10)2/h5,8H,6-7,14H2,1-4H3,(H,15,18)(H,16,19). The topological polar surface area (TPSA) is 87.5 Å². The molecule has 7 heteroatoms. The number of nitrogens with zero attached hydrogens (tertiary/aromatic N) is 1. The Morgan fingerprint density at radius 3 is 2.70 bits per heavy atom. The van der Waals surface area contributed by atoms with E-state index in [2.05, 4.69) is 15.6 Å². The monoisotopic (exact) mass is 298 g/mol. The molecule has 1 aromatic heterocycles. The van der Waals surface area contributed by atoms with E-state index in [1.54, 1.807) is 7.05 Å². The molecule has 6 nitrogen and oxygen atoms in total. The number of rotatable bonds is 6. The van der Waals surface area contributed by atoms with Gasteiger partial charge in [0, 0.05) is 30.9 Å². The zero-order valence-corrected chi connectivity index (χ0v) is 13.1. The minimum atomic E-state index is -0.272. The van der Waals surface area contributed by atoms with Gasteiger partial charge in [0.15, 0.2) is 0 Å². The quantitative estimate of drug-likeness (QED) is 0.405. The summed E-state index contributed by atoms with van der Waals surface area (Å²) in [5.41, 5.74) is 3.22. The number of nitrogens with two attached hydrogens (primary N) is 1. The average molecular weight is 298 g/mol. The molecule has 0 bridgehead atoms. The highest BCUT2D eigenvalue weighted by atomic mass is 32.1. The maximum Gasteiger partial charge on any atom is 0.275 e. The second kappa shape index (κ2) is 7.37. The summed E-state index contributed by atoms with van der Waals surface area (Å²) in [6.07, 6.45) is 0. The Balaban J connectivity index is 2.66. The molecule has 2 amide bonds. The summed E-state index contributed by atoms with van der Waals surface area (Å²) in [5.74, 6) is 4.82. The van der Waals surface area contributed by atoms with Gasteiger partial charge in [-0.15, -0.1) is 11.3 Å². The van der Waals surface area contributed by atoms with Gasteiger partial charge in [0.2, 0.25) is 5.91 Å². The maximum absolute atomic E-state index is 11.5. The van der Waals surface area contributed by atoms with Crippen molar-refractivity contribution >= 4 is 23.2 Å². The van der Waals surface area contributed by atoms with E-state index in [0.29, 0.717) is 18.0 Å². The minimum Gasteiger partial charge on any atom is -0.359 e. The number of thiophene rings is 1. The Kier molecular flexibility index (Phi) is 6.12. The fourth-order valence-corrected chi connectivity index (χ4v) is 2.95. The summed E-state index contributed by atoms with van der Waals surface area (Å²) < 4.78 is 0. The SMILES string of the molecule is CNC(=O)C(C)CN(C)Cc1cc(C(=O)NN)sc1C. The molecule has 20 heavy (non-hydrogen) atoms. The van der Waals surface area contributed by atoms with E-state index in [9.17, 15) is 9.59 Å². The Labute approximate surface area is 123 Å². The molecule has 0 aliphatic heterocycles. The molecule has 112 valence electrons. The molecule has 0 aliphatic rings. The van der Waals surface area contributed by atoms with Crippen molar-refractivity contribution in [1.82, 2.24) is 15.6 Å². The summed E-state index contributed by atoms with van der Waals surface area (Å²) in [4.78, 5) is 26.7. The second-order valence-corrected chi connectivity index (χ2v) is 6.13. The lowest BCUT2D eigenvalue weighted by Crippen LogP contribution is -2.34. The highest BCUT2D eigenvalue weighted by Gasteiger charge is 2.16. The van der Waals surface area contributed by atoms with Crippen LogP contribution in [0.15, 0.2) is 6.07 Å². The van der Waals surface area contributed by atoms with Crippen molar-refractivity contribution in [2.45, 2.75) is 20.4 Å². The predicted octanol–water partition coefficient (Wildman–Crippen LogP) is 0.474. The van der Waals surface area contributed by atoms with Crippen molar-refractivity contribution in [2.24, 2.45) is 11.8 Å². The van der Waals surface area contributed by atoms with Crippen LogP contribution in [0.3, 0.4) is 0 Å². The lowest BCUT2D eigenvalue weighted by atomic mass is 10.1. The minimum absolute atomic E-state index is 0.0297. The molecule has 0 saturated carbocycles. The lowest BCUT2D eigenvalue weighted by Gasteiger charge is -2.20. The van der Waals surface area contributed by atoms with Crippen LogP contribution >= 0.6 is 11.3 Å². The van der Waals surface area contributed by atoms with Crippen LogP contribution in [0.5, 0.6) is 0 Å². The largest absolute Gasteiger partial charge is 0.359 e. The molecule has 0 aromatic carbocycles. The highest BCUT2D eigenvalue weighted by Crippen LogP contribution is 2.22. The van der Waals surface area contributed by atoms with E-state index in [0.717, 1.165) is 10.4 Å². The average Bonchev–Trinajstić information content (AvgIpc) is 2.77. The fraction of sp³-hybridized carbons (Fsp3) is 0.538. The molecule has 0 saturated heterocycles. The zero-order valence-electron chi connectivity index (χ0n) is 12.3. The normalized spacial score (nSPS) is 12.3. The van der Waals surface area contributed by atoms with Crippen molar-refractivity contribution in [2.75, 3.05) is 20.6 Å². The molecular formula is C13H22N4O2S. The maximum atomic E-state index is 11.5. The van der Waals surface area contributed by atoms with Crippen LogP contribution in [-0.4, -0.2) is 37.4 Å². The van der Waals surface area contributed by atoms with E-state index in [-0.39, 0.29) is 17.7 Å². The van der Waals surface area contributed by atoms with Gasteiger partial charge >= 0.3 is 0 Å². The van der Waals surface area contributed by atoms with Crippen LogP contribution in [0.25, 0.3) is 0 Å². The van der Waals surface area contributed by atoms with Gasteiger partial charge in [0.1, 0.15) is 0 Å². The third-order valence-electron chi connectivity index (χ3n) is 3.10. The first-order valence-electron chi connectivity index (χ1n) is 6.39. The van der Waals surface area contributed by atoms with Crippen molar-refractivity contribution < 1.29 is 9.59 Å². The number of carbonyl (C=O) groups excluding carboxylic acids is 2. The first-order chi connectivity index (χ1) is 9.38. The van der Waals surface area contributed by atoms with Crippen LogP contribution in [0.1, 0.15) is 27.0 Å². The van der Waals surface area contributed by atoms with E-state index >= 15 is 0 Å². The van der Waals surface area contributed by atoms with Crippen LogP contribution in [0, 0.1) is 12.8 Å². The van der Waals surface area contributed by atoms with Crippen LogP contribution in [0.2, 0.25) is 0 Å². The highest BCUT2D eigenvalue weighted by molar-refractivity contribution is 7.14. The van der Waals surface area contributed by atoms with Crippen LogP contribution < -0.4 is 16.6 Å². The summed E-state index contributed by atoms with van der Waals surface area (Å²) >= 11 is 1.42. The first-order valence-corrected chi connectivity index (χ1v) is 7.21. The summed E-state index contributed by atoms with van der Waals surface area (Å²) in [7, 11) is 3.60.